The van der Waals surface area contributed by atoms with Crippen molar-refractivity contribution in [1.82, 2.24) is 25.1 Å². The smallest absolute Gasteiger partial charge is 0.224 e. The van der Waals surface area contributed by atoms with Crippen molar-refractivity contribution in [2.45, 2.75) is 38.8 Å². The van der Waals surface area contributed by atoms with E-state index < -0.39 is 5.60 Å². The SMILES string of the molecule is CO[C@@]1(COc2cccc(C)c2)CCN(C(=O)CCn2nnnc2C)C1. The molecule has 3 rings (SSSR count). The Labute approximate surface area is 153 Å². The Kier molecular flexibility index (Phi) is 5.51. The predicted molar refractivity (Wildman–Crippen MR) is 94.8 cm³/mol. The van der Waals surface area contributed by atoms with Crippen molar-refractivity contribution >= 4 is 5.91 Å². The number of nitrogens with zero attached hydrogens (tertiary/aromatic N) is 5. The van der Waals surface area contributed by atoms with Crippen LogP contribution in [-0.4, -0.2) is 63.4 Å². The van der Waals surface area contributed by atoms with Gasteiger partial charge in [-0.05, 0) is 48.4 Å². The first-order valence-corrected chi connectivity index (χ1v) is 8.76. The lowest BCUT2D eigenvalue weighted by atomic mass is 10.0. The molecule has 1 saturated heterocycles. The van der Waals surface area contributed by atoms with E-state index in [2.05, 4.69) is 15.5 Å². The second kappa shape index (κ2) is 7.82. The molecule has 26 heavy (non-hydrogen) atoms. The Balaban J connectivity index is 1.54. The van der Waals surface area contributed by atoms with Gasteiger partial charge in [-0.2, -0.15) is 0 Å². The van der Waals surface area contributed by atoms with Crippen LogP contribution in [-0.2, 0) is 16.1 Å². The molecule has 0 bridgehead atoms. The van der Waals surface area contributed by atoms with E-state index in [1.807, 2.05) is 43.0 Å². The second-order valence-corrected chi connectivity index (χ2v) is 6.76. The number of hydrogen-bond donors (Lipinski definition) is 0. The maximum atomic E-state index is 12.5. The molecule has 1 atom stereocenters. The third-order valence-electron chi connectivity index (χ3n) is 4.84. The van der Waals surface area contributed by atoms with E-state index in [1.165, 1.54) is 0 Å². The van der Waals surface area contributed by atoms with Gasteiger partial charge in [0.25, 0.3) is 0 Å². The Hall–Kier alpha value is -2.48. The van der Waals surface area contributed by atoms with Crippen molar-refractivity contribution in [2.75, 3.05) is 26.8 Å². The fraction of sp³-hybridized carbons (Fsp3) is 0.556. The first kappa shape index (κ1) is 18.3. The van der Waals surface area contributed by atoms with Gasteiger partial charge in [-0.1, -0.05) is 12.1 Å². The van der Waals surface area contributed by atoms with Crippen molar-refractivity contribution < 1.29 is 14.3 Å². The van der Waals surface area contributed by atoms with Crippen LogP contribution in [0.25, 0.3) is 0 Å². The molecule has 2 aromatic rings. The lowest BCUT2D eigenvalue weighted by Gasteiger charge is -2.28. The van der Waals surface area contributed by atoms with E-state index in [-0.39, 0.29) is 5.91 Å². The van der Waals surface area contributed by atoms with E-state index in [1.54, 1.807) is 11.8 Å². The number of likely N-dealkylation sites (tertiary alicyclic amines) is 1. The second-order valence-electron chi connectivity index (χ2n) is 6.76. The van der Waals surface area contributed by atoms with E-state index in [0.29, 0.717) is 38.5 Å². The van der Waals surface area contributed by atoms with Crippen LogP contribution in [0.2, 0.25) is 0 Å². The highest BCUT2D eigenvalue weighted by molar-refractivity contribution is 5.76. The van der Waals surface area contributed by atoms with Crippen LogP contribution in [0.15, 0.2) is 24.3 Å². The Bertz CT molecular complexity index is 763. The van der Waals surface area contributed by atoms with E-state index >= 15 is 0 Å². The third-order valence-corrected chi connectivity index (χ3v) is 4.84. The molecule has 1 aromatic heterocycles. The fourth-order valence-electron chi connectivity index (χ4n) is 3.14. The molecule has 0 aliphatic carbocycles. The van der Waals surface area contributed by atoms with Crippen LogP contribution in [0.4, 0.5) is 0 Å². The summed E-state index contributed by atoms with van der Waals surface area (Å²) in [7, 11) is 1.68. The zero-order chi connectivity index (χ0) is 18.6. The predicted octanol–water partition coefficient (Wildman–Crippen LogP) is 1.38. The molecular formula is C18H25N5O3. The minimum absolute atomic E-state index is 0.0781. The number of hydrogen-bond acceptors (Lipinski definition) is 6. The van der Waals surface area contributed by atoms with Gasteiger partial charge < -0.3 is 14.4 Å². The number of aryl methyl sites for hydroxylation is 3. The fourth-order valence-corrected chi connectivity index (χ4v) is 3.14. The lowest BCUT2D eigenvalue weighted by molar-refractivity contribution is -0.132. The largest absolute Gasteiger partial charge is 0.491 e. The normalized spacial score (nSPS) is 19.7. The number of carbonyl (C=O) groups is 1. The molecule has 1 fully saturated rings. The van der Waals surface area contributed by atoms with Crippen LogP contribution in [0.3, 0.4) is 0 Å². The molecule has 0 unspecified atom stereocenters. The minimum atomic E-state index is -0.468. The van der Waals surface area contributed by atoms with Crippen molar-refractivity contribution in [1.29, 1.82) is 0 Å². The Morgan fingerprint density at radius 3 is 2.88 bits per heavy atom. The molecule has 1 aliphatic heterocycles. The first-order chi connectivity index (χ1) is 12.5. The highest BCUT2D eigenvalue weighted by atomic mass is 16.5. The zero-order valence-corrected chi connectivity index (χ0v) is 15.5. The van der Waals surface area contributed by atoms with Gasteiger partial charge in [-0.15, -0.1) is 5.10 Å². The van der Waals surface area contributed by atoms with Crippen molar-refractivity contribution in [3.8, 4) is 5.75 Å². The van der Waals surface area contributed by atoms with E-state index in [4.69, 9.17) is 9.47 Å². The number of tetrazole rings is 1. The van der Waals surface area contributed by atoms with Crippen molar-refractivity contribution in [3.05, 3.63) is 35.7 Å². The van der Waals surface area contributed by atoms with Gasteiger partial charge >= 0.3 is 0 Å². The van der Waals surface area contributed by atoms with Crippen LogP contribution in [0, 0.1) is 13.8 Å². The highest BCUT2D eigenvalue weighted by Crippen LogP contribution is 2.27. The molecule has 0 N–H and O–H groups in total. The van der Waals surface area contributed by atoms with Gasteiger partial charge in [0.2, 0.25) is 5.91 Å². The number of methoxy groups -OCH3 is 1. The van der Waals surface area contributed by atoms with E-state index in [0.717, 1.165) is 17.7 Å². The van der Waals surface area contributed by atoms with Crippen LogP contribution >= 0.6 is 0 Å². The molecule has 1 aromatic carbocycles. The number of aromatic nitrogens is 4. The topological polar surface area (TPSA) is 82.4 Å². The van der Waals surface area contributed by atoms with Gasteiger partial charge in [-0.3, -0.25) is 4.79 Å². The van der Waals surface area contributed by atoms with Gasteiger partial charge in [0.15, 0.2) is 0 Å². The number of amides is 1. The van der Waals surface area contributed by atoms with Gasteiger partial charge in [0.1, 0.15) is 23.8 Å². The molecule has 140 valence electrons. The summed E-state index contributed by atoms with van der Waals surface area (Å²) in [5.74, 6) is 1.60. The summed E-state index contributed by atoms with van der Waals surface area (Å²) in [5, 5.41) is 11.3. The number of ether oxygens (including phenoxy) is 2. The van der Waals surface area contributed by atoms with Crippen molar-refractivity contribution in [3.63, 3.8) is 0 Å². The van der Waals surface area contributed by atoms with Crippen LogP contribution < -0.4 is 4.74 Å². The van der Waals surface area contributed by atoms with Gasteiger partial charge in [-0.25, -0.2) is 4.68 Å². The summed E-state index contributed by atoms with van der Waals surface area (Å²) in [4.78, 5) is 14.4. The number of carbonyl (C=O) groups excluding carboxylic acids is 1. The molecule has 0 radical (unpaired) electrons. The average Bonchev–Trinajstić information content (AvgIpc) is 3.25. The molecule has 2 heterocycles. The van der Waals surface area contributed by atoms with E-state index in [9.17, 15) is 4.79 Å². The number of benzene rings is 1. The first-order valence-electron chi connectivity index (χ1n) is 8.76. The zero-order valence-electron chi connectivity index (χ0n) is 15.5. The molecule has 0 spiro atoms. The van der Waals surface area contributed by atoms with Gasteiger partial charge in [0.05, 0.1) is 13.1 Å². The molecule has 1 amide bonds. The molecular weight excluding hydrogens is 334 g/mol. The van der Waals surface area contributed by atoms with Gasteiger partial charge in [0, 0.05) is 20.1 Å². The third kappa shape index (κ3) is 4.19. The summed E-state index contributed by atoms with van der Waals surface area (Å²) in [6.45, 7) is 5.94. The standard InChI is InChI=1S/C18H25N5O3/c1-14-5-4-6-16(11-14)26-13-18(25-3)8-10-22(12-18)17(24)7-9-23-15(2)19-20-21-23/h4-6,11H,7-10,12-13H2,1-3H3/t18-/m0/s1. The number of rotatable bonds is 7. The lowest BCUT2D eigenvalue weighted by Crippen LogP contribution is -2.42. The molecule has 1 aliphatic rings. The molecule has 0 saturated carbocycles. The quantitative estimate of drug-likeness (QED) is 0.743. The maximum Gasteiger partial charge on any atom is 0.224 e. The summed E-state index contributed by atoms with van der Waals surface area (Å²) in [6.07, 6.45) is 1.12. The average molecular weight is 359 g/mol. The highest BCUT2D eigenvalue weighted by Gasteiger charge is 2.41. The Morgan fingerprint density at radius 1 is 1.35 bits per heavy atom. The Morgan fingerprint density at radius 2 is 2.19 bits per heavy atom. The minimum Gasteiger partial charge on any atom is -0.491 e. The summed E-state index contributed by atoms with van der Waals surface area (Å²) in [5.41, 5.74) is 0.680. The van der Waals surface area contributed by atoms with Crippen LogP contribution in [0.5, 0.6) is 5.75 Å². The monoisotopic (exact) mass is 359 g/mol. The molecule has 8 heteroatoms. The van der Waals surface area contributed by atoms with Crippen LogP contribution in [0.1, 0.15) is 24.2 Å². The molecule has 8 nitrogen and oxygen atoms in total. The summed E-state index contributed by atoms with van der Waals surface area (Å²) in [6, 6.07) is 7.93. The maximum absolute atomic E-state index is 12.5. The summed E-state index contributed by atoms with van der Waals surface area (Å²) >= 11 is 0. The summed E-state index contributed by atoms with van der Waals surface area (Å²) < 4.78 is 13.3. The van der Waals surface area contributed by atoms with Crippen molar-refractivity contribution in [2.24, 2.45) is 0 Å².